The number of phenolic OH excluding ortho intramolecular Hbond substituents is 3. The molecule has 222 valence electrons. The maximum absolute atomic E-state index is 11.9. The minimum Gasteiger partial charge on any atom is -0.744 e. The van der Waals surface area contributed by atoms with Gasteiger partial charge in [-0.15, -0.1) is 23.8 Å². The van der Waals surface area contributed by atoms with E-state index in [-0.39, 0.29) is 142 Å². The van der Waals surface area contributed by atoms with Crippen LogP contribution in [-0.4, -0.2) is 58.9 Å². The number of nitrogens with one attached hydrogen (secondary N) is 1. The third-order valence-corrected chi connectivity index (χ3v) is 8.14. The van der Waals surface area contributed by atoms with E-state index in [9.17, 15) is 41.3 Å². The number of phenols is 3. The summed E-state index contributed by atoms with van der Waals surface area (Å²) in [4.78, 5) is 1.88. The summed E-state index contributed by atoms with van der Waals surface area (Å²) >= 11 is 0. The van der Waals surface area contributed by atoms with Crippen LogP contribution in [0.25, 0.3) is 0 Å². The quantitative estimate of drug-likeness (QED) is 0.0762. The molecule has 4 aromatic rings. The molecule has 0 saturated carbocycles. The van der Waals surface area contributed by atoms with Crippen LogP contribution < -0.4 is 88.7 Å². The fourth-order valence-electron chi connectivity index (χ4n) is 4.66. The molecule has 0 saturated heterocycles. The van der Waals surface area contributed by atoms with Gasteiger partial charge in [0.25, 0.3) is 0 Å². The van der Waals surface area contributed by atoms with Crippen LogP contribution in [0.1, 0.15) is 44.8 Å². The predicted octanol–water partition coefficient (Wildman–Crippen LogP) is -7.58. The molecule has 0 radical (unpaired) electrons. The van der Waals surface area contributed by atoms with E-state index in [1.165, 1.54) is 6.07 Å². The van der Waals surface area contributed by atoms with Crippen LogP contribution in [0.4, 0.5) is 0 Å². The first kappa shape index (κ1) is 41.8. The third kappa shape index (κ3) is 10.6. The summed E-state index contributed by atoms with van der Waals surface area (Å²) in [6, 6.07) is 13.4. The Bertz CT molecular complexity index is 2040. The Morgan fingerprint density at radius 1 is 0.600 bits per heavy atom. The van der Waals surface area contributed by atoms with E-state index in [1.807, 2.05) is 0 Å². The number of benzene rings is 3. The van der Waals surface area contributed by atoms with Crippen LogP contribution in [0.3, 0.4) is 0 Å². The number of hydrogen-bond acceptors (Lipinski definition) is 12. The van der Waals surface area contributed by atoms with Crippen molar-refractivity contribution in [3.05, 3.63) is 99.4 Å². The maximum atomic E-state index is 11.9. The van der Waals surface area contributed by atoms with Crippen LogP contribution in [0, 0.1) is 6.07 Å². The van der Waals surface area contributed by atoms with E-state index < -0.39 is 52.8 Å². The van der Waals surface area contributed by atoms with E-state index in [0.29, 0.717) is 22.5 Å². The van der Waals surface area contributed by atoms with Gasteiger partial charge in [0, 0.05) is 35.5 Å². The van der Waals surface area contributed by atoms with Crippen molar-refractivity contribution in [1.82, 2.24) is 4.98 Å². The third-order valence-electron chi connectivity index (χ3n) is 6.51. The van der Waals surface area contributed by atoms with Gasteiger partial charge in [-0.25, -0.2) is 16.8 Å². The van der Waals surface area contributed by atoms with Gasteiger partial charge >= 0.3 is 99.3 Å². The molecule has 45 heavy (non-hydrogen) atoms. The second kappa shape index (κ2) is 16.7. The maximum Gasteiger partial charge on any atom is 1.00 e. The number of fused-ring (bicyclic) bond motifs is 8. The molecule has 3 aromatic carbocycles. The number of rotatable bonds is 2. The Balaban J connectivity index is 0.00000137. The Hall–Kier alpha value is -1.22. The average molecular weight is 704 g/mol. The molecule has 13 nitrogen and oxygen atoms in total. The van der Waals surface area contributed by atoms with Gasteiger partial charge in [0.1, 0.15) is 31.7 Å². The summed E-state index contributed by atoms with van der Waals surface area (Å²) in [6.45, 7) is 0. The van der Waals surface area contributed by atoms with E-state index in [4.69, 9.17) is 12.6 Å². The van der Waals surface area contributed by atoms with Gasteiger partial charge in [0.15, 0.2) is 0 Å². The molecule has 4 N–H and O–H groups in total. The number of aromatic hydroxyl groups is 3. The molecule has 0 spiro atoms. The fourth-order valence-corrected chi connectivity index (χ4v) is 5.80. The molecule has 19 heteroatoms. The number of aromatic amines is 1. The van der Waals surface area contributed by atoms with Crippen molar-refractivity contribution in [3.63, 3.8) is 0 Å². The van der Waals surface area contributed by atoms with Crippen molar-refractivity contribution < 1.29 is 143 Å². The van der Waals surface area contributed by atoms with Crippen LogP contribution in [0.2, 0.25) is 0 Å². The smallest absolute Gasteiger partial charge is 0.744 e. The second-order valence-corrected chi connectivity index (χ2v) is 12.5. The molecule has 2 heterocycles. The zero-order valence-electron chi connectivity index (χ0n) is 24.2. The van der Waals surface area contributed by atoms with Gasteiger partial charge in [0.05, 0.1) is 9.79 Å². The van der Waals surface area contributed by atoms with Crippen molar-refractivity contribution in [3.8, 4) is 17.2 Å². The Morgan fingerprint density at radius 2 is 0.889 bits per heavy atom. The largest absolute Gasteiger partial charge is 1.00 e. The zero-order chi connectivity index (χ0) is 31.0. The van der Waals surface area contributed by atoms with Crippen LogP contribution in [0.15, 0.2) is 58.3 Å². The molecule has 5 rings (SSSR count). The number of H-pyrrole nitrogens is 1. The molecule has 0 fully saturated rings. The van der Waals surface area contributed by atoms with E-state index in [2.05, 4.69) is 11.1 Å². The summed E-state index contributed by atoms with van der Waals surface area (Å²) in [5.41, 5.74) is 1.99. The SMILES string of the molecule is O=S(=O)([O-])c1cc2c(O)c(c1)Cc1cc(S(=O)(=O)[O-])cc(c1O)Cc1c[c-]cc(c1O)Cc1ccc([nH]1)C2.O=S(=O)=O.[Na+].[Na+].[Na+]. The summed E-state index contributed by atoms with van der Waals surface area (Å²) in [6.07, 6.45) is -0.319. The van der Waals surface area contributed by atoms with Crippen molar-refractivity contribution in [1.29, 1.82) is 0 Å². The van der Waals surface area contributed by atoms with E-state index in [0.717, 1.165) is 24.3 Å². The van der Waals surface area contributed by atoms with Crippen molar-refractivity contribution in [2.75, 3.05) is 0 Å². The topological polar surface area (TPSA) is 242 Å². The normalized spacial score (nSPS) is 12.2. The first-order valence-corrected chi connectivity index (χ1v) is 15.6. The summed E-state index contributed by atoms with van der Waals surface area (Å²) in [5.74, 6) is -0.858. The minimum absolute atomic E-state index is 0. The molecule has 0 aliphatic carbocycles. The molecule has 1 aromatic heterocycles. The van der Waals surface area contributed by atoms with Crippen molar-refractivity contribution >= 4 is 30.8 Å². The molecule has 0 atom stereocenters. The first-order chi connectivity index (χ1) is 19.5. The van der Waals surface area contributed by atoms with Gasteiger partial charge in [0.2, 0.25) is 0 Å². The van der Waals surface area contributed by atoms with Crippen LogP contribution in [-0.2, 0) is 56.5 Å². The summed E-state index contributed by atoms with van der Waals surface area (Å²) in [7, 11) is -13.0. The molecule has 1 aliphatic heterocycles. The monoisotopic (exact) mass is 703 g/mol. The van der Waals surface area contributed by atoms with Crippen molar-refractivity contribution in [2.24, 2.45) is 0 Å². The van der Waals surface area contributed by atoms with Gasteiger partial charge in [-0.05, 0) is 65.9 Å². The molecule has 0 unspecified atom stereocenters. The van der Waals surface area contributed by atoms with E-state index >= 15 is 0 Å². The molecular formula is C26H20NNa3O12S3. The summed E-state index contributed by atoms with van der Waals surface area (Å²) < 4.78 is 96.7. The second-order valence-electron chi connectivity index (χ2n) is 9.36. The molecular weight excluding hydrogens is 683 g/mol. The number of hydrogen-bond donors (Lipinski definition) is 4. The van der Waals surface area contributed by atoms with Crippen molar-refractivity contribution in [2.45, 2.75) is 35.5 Å². The molecule has 8 bridgehead atoms. The van der Waals surface area contributed by atoms with Gasteiger partial charge in [-0.3, -0.25) is 0 Å². The standard InChI is InChI=1S/C26H22NO9S2.3Na.O3S/c28-24-14-2-1-3-15(24)8-20-4-5-21(27-20)9-19-13-23(38(34,35)36)12-18(26(19)30)7-17-11-22(37(31,32)33)10-16(6-14)25(17)29;;;;1-4(2)3/h2-5,10-13,27-30H,6-9H2,(H,31,32,33)(H,34,35,36);;;;/q-1;3*+1;/p-2. The average Bonchev–Trinajstić information content (AvgIpc) is 3.30. The number of aromatic nitrogens is 1. The minimum atomic E-state index is -4.99. The fraction of sp³-hybridized carbons (Fsp3) is 0.154. The Morgan fingerprint density at radius 3 is 1.27 bits per heavy atom. The Labute approximate surface area is 326 Å². The Kier molecular flexibility index (Phi) is 15.6. The van der Waals surface area contributed by atoms with E-state index in [1.54, 1.807) is 18.2 Å². The van der Waals surface area contributed by atoms with Crippen LogP contribution in [0.5, 0.6) is 17.2 Å². The predicted molar refractivity (Wildman–Crippen MR) is 141 cm³/mol. The zero-order valence-corrected chi connectivity index (χ0v) is 32.6. The molecule has 1 aliphatic rings. The molecule has 0 amide bonds. The van der Waals surface area contributed by atoms with Gasteiger partial charge in [-0.2, -0.15) is 18.2 Å². The van der Waals surface area contributed by atoms with Crippen LogP contribution >= 0.6 is 0 Å². The first-order valence-electron chi connectivity index (χ1n) is 11.8. The van der Waals surface area contributed by atoms with Gasteiger partial charge < -0.3 is 29.4 Å². The summed E-state index contributed by atoms with van der Waals surface area (Å²) in [5, 5.41) is 33.0. The van der Waals surface area contributed by atoms with Gasteiger partial charge in [-0.1, -0.05) is 0 Å².